The van der Waals surface area contributed by atoms with Gasteiger partial charge >= 0.3 is 0 Å². The number of hydrogen-bond donors (Lipinski definition) is 1. The molecule has 19 heavy (non-hydrogen) atoms. The van der Waals surface area contributed by atoms with Crippen molar-refractivity contribution in [3.05, 3.63) is 70.7 Å². The highest BCUT2D eigenvalue weighted by Crippen LogP contribution is 2.39. The molecule has 1 N–H and O–H groups in total. The Bertz CT molecular complexity index is 597. The zero-order valence-corrected chi connectivity index (χ0v) is 11.1. The van der Waals surface area contributed by atoms with E-state index < -0.39 is 0 Å². The van der Waals surface area contributed by atoms with E-state index in [4.69, 9.17) is 11.6 Å². The average Bonchev–Trinajstić information content (AvgIpc) is 2.82. The molecule has 2 atom stereocenters. The van der Waals surface area contributed by atoms with Crippen LogP contribution in [0.15, 0.2) is 54.6 Å². The molecular formula is C16H14ClNO. The lowest BCUT2D eigenvalue weighted by Gasteiger charge is -2.18. The summed E-state index contributed by atoms with van der Waals surface area (Å²) >= 11 is 6.24. The standard InChI is InChI=1S/C16H14ClNO/c17-14-9-5-4-8-12(14)15-13(10-18-16(15)19)11-6-2-1-3-7-11/h1-9,13,15H,10H2,(H,18,19)/t13-,15-/m0/s1. The van der Waals surface area contributed by atoms with Gasteiger partial charge in [-0.2, -0.15) is 0 Å². The molecule has 3 heteroatoms. The lowest BCUT2D eigenvalue weighted by atomic mass is 9.84. The van der Waals surface area contributed by atoms with Crippen molar-refractivity contribution >= 4 is 17.5 Å². The summed E-state index contributed by atoms with van der Waals surface area (Å²) in [6.07, 6.45) is 0. The van der Waals surface area contributed by atoms with E-state index in [1.807, 2.05) is 42.5 Å². The van der Waals surface area contributed by atoms with Crippen molar-refractivity contribution in [3.8, 4) is 0 Å². The number of carbonyl (C=O) groups is 1. The maximum Gasteiger partial charge on any atom is 0.228 e. The third-order valence-electron chi connectivity index (χ3n) is 3.65. The Kier molecular flexibility index (Phi) is 3.26. The van der Waals surface area contributed by atoms with Crippen LogP contribution in [0.25, 0.3) is 0 Å². The molecule has 3 rings (SSSR count). The minimum Gasteiger partial charge on any atom is -0.355 e. The van der Waals surface area contributed by atoms with Crippen LogP contribution in [0, 0.1) is 0 Å². The van der Waals surface area contributed by atoms with Gasteiger partial charge in [-0.1, -0.05) is 60.1 Å². The number of nitrogens with one attached hydrogen (secondary N) is 1. The van der Waals surface area contributed by atoms with Crippen LogP contribution in [0.1, 0.15) is 23.0 Å². The molecule has 1 aliphatic rings. The number of amides is 1. The molecule has 0 bridgehead atoms. The van der Waals surface area contributed by atoms with Crippen LogP contribution in [-0.4, -0.2) is 12.5 Å². The van der Waals surface area contributed by atoms with Gasteiger partial charge in [0.15, 0.2) is 0 Å². The molecule has 0 aromatic heterocycles. The number of halogens is 1. The number of rotatable bonds is 2. The Morgan fingerprint density at radius 1 is 1.00 bits per heavy atom. The van der Waals surface area contributed by atoms with Crippen LogP contribution < -0.4 is 5.32 Å². The smallest absolute Gasteiger partial charge is 0.228 e. The molecule has 0 radical (unpaired) electrons. The Labute approximate surface area is 117 Å². The first-order valence-electron chi connectivity index (χ1n) is 6.34. The van der Waals surface area contributed by atoms with Gasteiger partial charge in [0.05, 0.1) is 5.92 Å². The minimum atomic E-state index is -0.198. The third kappa shape index (κ3) is 2.24. The van der Waals surface area contributed by atoms with Crippen molar-refractivity contribution in [1.82, 2.24) is 5.32 Å². The maximum atomic E-state index is 12.1. The second kappa shape index (κ2) is 5.06. The van der Waals surface area contributed by atoms with Gasteiger partial charge in [-0.05, 0) is 17.2 Å². The van der Waals surface area contributed by atoms with Gasteiger partial charge in [0.25, 0.3) is 0 Å². The van der Waals surface area contributed by atoms with E-state index in [1.165, 1.54) is 5.56 Å². The maximum absolute atomic E-state index is 12.1. The quantitative estimate of drug-likeness (QED) is 0.892. The normalized spacial score (nSPS) is 22.3. The lowest BCUT2D eigenvalue weighted by molar-refractivity contribution is -0.120. The van der Waals surface area contributed by atoms with Crippen molar-refractivity contribution in [2.24, 2.45) is 0 Å². The zero-order chi connectivity index (χ0) is 13.2. The first kappa shape index (κ1) is 12.2. The third-order valence-corrected chi connectivity index (χ3v) is 3.99. The fourth-order valence-electron chi connectivity index (χ4n) is 2.72. The first-order valence-corrected chi connectivity index (χ1v) is 6.72. The minimum absolute atomic E-state index is 0.0574. The van der Waals surface area contributed by atoms with Crippen molar-refractivity contribution in [1.29, 1.82) is 0 Å². The van der Waals surface area contributed by atoms with E-state index in [0.29, 0.717) is 11.6 Å². The van der Waals surface area contributed by atoms with E-state index in [9.17, 15) is 4.79 Å². The molecule has 96 valence electrons. The molecule has 0 unspecified atom stereocenters. The van der Waals surface area contributed by atoms with Crippen molar-refractivity contribution in [2.45, 2.75) is 11.8 Å². The summed E-state index contributed by atoms with van der Waals surface area (Å²) in [7, 11) is 0. The molecule has 0 saturated carbocycles. The Morgan fingerprint density at radius 3 is 2.42 bits per heavy atom. The monoisotopic (exact) mass is 271 g/mol. The van der Waals surface area contributed by atoms with Crippen LogP contribution >= 0.6 is 11.6 Å². The molecule has 1 saturated heterocycles. The highest BCUT2D eigenvalue weighted by atomic mass is 35.5. The van der Waals surface area contributed by atoms with Gasteiger partial charge in [-0.3, -0.25) is 4.79 Å². The van der Waals surface area contributed by atoms with Crippen LogP contribution in [0.4, 0.5) is 0 Å². The predicted octanol–water partition coefficient (Wildman–Crippen LogP) is 3.34. The van der Waals surface area contributed by atoms with Crippen LogP contribution in [-0.2, 0) is 4.79 Å². The second-order valence-electron chi connectivity index (χ2n) is 4.76. The summed E-state index contributed by atoms with van der Waals surface area (Å²) in [5.74, 6) is 0.00616. The molecule has 1 aliphatic heterocycles. The van der Waals surface area contributed by atoms with E-state index in [0.717, 1.165) is 5.56 Å². The predicted molar refractivity (Wildman–Crippen MR) is 76.4 cm³/mol. The zero-order valence-electron chi connectivity index (χ0n) is 10.3. The van der Waals surface area contributed by atoms with Crippen molar-refractivity contribution in [2.75, 3.05) is 6.54 Å². The van der Waals surface area contributed by atoms with Crippen molar-refractivity contribution in [3.63, 3.8) is 0 Å². The van der Waals surface area contributed by atoms with Crippen molar-refractivity contribution < 1.29 is 4.79 Å². The van der Waals surface area contributed by atoms with Crippen LogP contribution in [0.2, 0.25) is 5.02 Å². The number of carbonyl (C=O) groups excluding carboxylic acids is 1. The summed E-state index contributed by atoms with van der Waals surface area (Å²) in [4.78, 5) is 12.1. The first-order chi connectivity index (χ1) is 9.27. The van der Waals surface area contributed by atoms with Crippen LogP contribution in [0.5, 0.6) is 0 Å². The van der Waals surface area contributed by atoms with Gasteiger partial charge in [-0.15, -0.1) is 0 Å². The van der Waals surface area contributed by atoms with Gasteiger partial charge in [0, 0.05) is 17.5 Å². The van der Waals surface area contributed by atoms with Crippen LogP contribution in [0.3, 0.4) is 0 Å². The highest BCUT2D eigenvalue weighted by Gasteiger charge is 2.37. The van der Waals surface area contributed by atoms with E-state index in [1.54, 1.807) is 0 Å². The lowest BCUT2D eigenvalue weighted by Crippen LogP contribution is -2.18. The number of benzene rings is 2. The van der Waals surface area contributed by atoms with E-state index in [2.05, 4.69) is 17.4 Å². The fraction of sp³-hybridized carbons (Fsp3) is 0.188. The summed E-state index contributed by atoms with van der Waals surface area (Å²) < 4.78 is 0. The van der Waals surface area contributed by atoms with E-state index >= 15 is 0 Å². The molecule has 1 amide bonds. The Hall–Kier alpha value is -1.80. The molecule has 2 aromatic carbocycles. The summed E-state index contributed by atoms with van der Waals surface area (Å²) in [5, 5.41) is 3.60. The summed E-state index contributed by atoms with van der Waals surface area (Å²) in [6, 6.07) is 17.7. The molecule has 0 aliphatic carbocycles. The Morgan fingerprint density at radius 2 is 1.68 bits per heavy atom. The topological polar surface area (TPSA) is 29.1 Å². The molecular weight excluding hydrogens is 258 g/mol. The molecule has 2 nitrogen and oxygen atoms in total. The van der Waals surface area contributed by atoms with E-state index in [-0.39, 0.29) is 17.7 Å². The van der Waals surface area contributed by atoms with Gasteiger partial charge in [-0.25, -0.2) is 0 Å². The SMILES string of the molecule is O=C1NC[C@@H](c2ccccc2)[C@@H]1c1ccccc1Cl. The Balaban J connectivity index is 2.03. The second-order valence-corrected chi connectivity index (χ2v) is 5.17. The average molecular weight is 272 g/mol. The highest BCUT2D eigenvalue weighted by molar-refractivity contribution is 6.31. The summed E-state index contributed by atoms with van der Waals surface area (Å²) in [5.41, 5.74) is 2.08. The molecule has 0 spiro atoms. The summed E-state index contributed by atoms with van der Waals surface area (Å²) in [6.45, 7) is 0.665. The van der Waals surface area contributed by atoms with Gasteiger partial charge < -0.3 is 5.32 Å². The molecule has 1 fully saturated rings. The largest absolute Gasteiger partial charge is 0.355 e. The molecule has 2 aromatic rings. The molecule has 1 heterocycles. The van der Waals surface area contributed by atoms with Gasteiger partial charge in [0.1, 0.15) is 0 Å². The fourth-order valence-corrected chi connectivity index (χ4v) is 2.97. The van der Waals surface area contributed by atoms with Gasteiger partial charge in [0.2, 0.25) is 5.91 Å². The number of hydrogen-bond acceptors (Lipinski definition) is 1.